The fourth-order valence-corrected chi connectivity index (χ4v) is 2.18. The summed E-state index contributed by atoms with van der Waals surface area (Å²) in [5.41, 5.74) is -0.133. The van der Waals surface area contributed by atoms with Gasteiger partial charge in [0.15, 0.2) is 0 Å². The Morgan fingerprint density at radius 1 is 1.17 bits per heavy atom. The topological polar surface area (TPSA) is 46.4 Å². The van der Waals surface area contributed by atoms with Crippen LogP contribution < -0.4 is 5.32 Å². The van der Waals surface area contributed by atoms with Gasteiger partial charge < -0.3 is 5.32 Å². The number of rotatable bonds is 2. The minimum absolute atomic E-state index is 0.0427. The molecule has 0 unspecified atom stereocenters. The van der Waals surface area contributed by atoms with E-state index in [-0.39, 0.29) is 11.3 Å². The van der Waals surface area contributed by atoms with Crippen LogP contribution in [0.5, 0.6) is 0 Å². The highest BCUT2D eigenvalue weighted by molar-refractivity contribution is 6.30. The number of aromatic nitrogens is 2. The van der Waals surface area contributed by atoms with Crippen molar-refractivity contribution in [3.63, 3.8) is 0 Å². The molecule has 0 fully saturated rings. The Morgan fingerprint density at radius 3 is 2.52 bits per heavy atom. The van der Waals surface area contributed by atoms with Crippen LogP contribution >= 0.6 is 11.6 Å². The third kappa shape index (κ3) is 3.14. The van der Waals surface area contributed by atoms with Crippen LogP contribution in [0.15, 0.2) is 48.8 Å². The summed E-state index contributed by atoms with van der Waals surface area (Å²) in [7, 11) is 0. The first-order valence-corrected chi connectivity index (χ1v) is 6.83. The molecule has 0 atom stereocenters. The molecule has 8 heteroatoms. The minimum Gasteiger partial charge on any atom is -0.321 e. The molecule has 0 bridgehead atoms. The molecule has 0 saturated heterocycles. The van der Waals surface area contributed by atoms with E-state index in [1.54, 1.807) is 24.3 Å². The van der Waals surface area contributed by atoms with Gasteiger partial charge in [-0.15, -0.1) is 0 Å². The molecule has 0 aliphatic carbocycles. The number of nitrogens with one attached hydrogen (secondary N) is 1. The van der Waals surface area contributed by atoms with E-state index in [0.717, 1.165) is 12.1 Å². The van der Waals surface area contributed by atoms with Gasteiger partial charge in [0.05, 0.1) is 11.8 Å². The van der Waals surface area contributed by atoms with Crippen LogP contribution in [0.2, 0.25) is 5.02 Å². The molecule has 0 aliphatic rings. The van der Waals surface area contributed by atoms with E-state index in [2.05, 4.69) is 10.3 Å². The van der Waals surface area contributed by atoms with Crippen molar-refractivity contribution >= 4 is 28.8 Å². The van der Waals surface area contributed by atoms with E-state index in [1.165, 1.54) is 16.8 Å². The lowest BCUT2D eigenvalue weighted by atomic mass is 10.2. The standard InChI is InChI=1S/C15H9ClF3N3O/c16-10-1-3-11(4-2-10)21-14(23)12-8-20-13-7-9(15(17,18)19)5-6-22(12)13/h1-8H,(H,21,23). The SMILES string of the molecule is O=C(Nc1ccc(Cl)cc1)c1cnc2cc(C(F)(F)F)ccn12. The third-order valence-electron chi connectivity index (χ3n) is 3.18. The number of amides is 1. The first-order chi connectivity index (χ1) is 10.8. The molecule has 0 radical (unpaired) electrons. The van der Waals surface area contributed by atoms with Gasteiger partial charge in [0.2, 0.25) is 0 Å². The molecule has 4 nitrogen and oxygen atoms in total. The zero-order valence-corrected chi connectivity index (χ0v) is 12.2. The summed E-state index contributed by atoms with van der Waals surface area (Å²) < 4.78 is 39.3. The molecule has 2 aromatic heterocycles. The monoisotopic (exact) mass is 339 g/mol. The molecule has 1 N–H and O–H groups in total. The maximum absolute atomic E-state index is 12.7. The van der Waals surface area contributed by atoms with Crippen molar-refractivity contribution in [1.82, 2.24) is 9.38 Å². The van der Waals surface area contributed by atoms with Gasteiger partial charge in [0, 0.05) is 16.9 Å². The highest BCUT2D eigenvalue weighted by atomic mass is 35.5. The number of anilines is 1. The largest absolute Gasteiger partial charge is 0.416 e. The molecule has 1 aromatic carbocycles. The van der Waals surface area contributed by atoms with E-state index in [1.807, 2.05) is 0 Å². The number of alkyl halides is 3. The number of carbonyl (C=O) groups is 1. The molecular formula is C15H9ClF3N3O. The Hall–Kier alpha value is -2.54. The molecular weight excluding hydrogens is 331 g/mol. The maximum Gasteiger partial charge on any atom is 0.416 e. The van der Waals surface area contributed by atoms with Crippen molar-refractivity contribution in [2.45, 2.75) is 6.18 Å². The Kier molecular flexibility index (Phi) is 3.73. The second-order valence-electron chi connectivity index (χ2n) is 4.75. The molecule has 0 saturated carbocycles. The van der Waals surface area contributed by atoms with Gasteiger partial charge in [-0.05, 0) is 36.4 Å². The normalized spacial score (nSPS) is 11.7. The number of nitrogens with zero attached hydrogens (tertiary/aromatic N) is 2. The lowest BCUT2D eigenvalue weighted by Gasteiger charge is -2.08. The molecule has 0 aliphatic heterocycles. The van der Waals surface area contributed by atoms with Gasteiger partial charge in [-0.2, -0.15) is 13.2 Å². The highest BCUT2D eigenvalue weighted by Crippen LogP contribution is 2.29. The molecule has 3 aromatic rings. The van der Waals surface area contributed by atoms with Crippen molar-refractivity contribution in [2.24, 2.45) is 0 Å². The van der Waals surface area contributed by atoms with E-state index in [0.29, 0.717) is 10.7 Å². The number of halogens is 4. The Morgan fingerprint density at radius 2 is 1.87 bits per heavy atom. The summed E-state index contributed by atoms with van der Waals surface area (Å²) in [5.74, 6) is -0.486. The lowest BCUT2D eigenvalue weighted by molar-refractivity contribution is -0.137. The van der Waals surface area contributed by atoms with Crippen LogP contribution in [0.1, 0.15) is 16.1 Å². The summed E-state index contributed by atoms with van der Waals surface area (Å²) >= 11 is 5.76. The molecule has 2 heterocycles. The minimum atomic E-state index is -4.46. The van der Waals surface area contributed by atoms with E-state index in [9.17, 15) is 18.0 Å². The summed E-state index contributed by atoms with van der Waals surface area (Å²) in [6.07, 6.45) is -2.07. The zero-order valence-electron chi connectivity index (χ0n) is 11.4. The number of fused-ring (bicyclic) bond motifs is 1. The number of imidazole rings is 1. The zero-order chi connectivity index (χ0) is 16.6. The highest BCUT2D eigenvalue weighted by Gasteiger charge is 2.31. The molecule has 0 spiro atoms. The average molecular weight is 340 g/mol. The molecule has 118 valence electrons. The van der Waals surface area contributed by atoms with Crippen LogP contribution in [-0.2, 0) is 6.18 Å². The second kappa shape index (κ2) is 5.58. The van der Waals surface area contributed by atoms with E-state index >= 15 is 0 Å². The number of carbonyl (C=O) groups excluding carboxylic acids is 1. The van der Waals surface area contributed by atoms with Gasteiger partial charge >= 0.3 is 6.18 Å². The fraction of sp³-hybridized carbons (Fsp3) is 0.0667. The number of hydrogen-bond donors (Lipinski definition) is 1. The van der Waals surface area contributed by atoms with Crippen molar-refractivity contribution < 1.29 is 18.0 Å². The molecule has 23 heavy (non-hydrogen) atoms. The lowest BCUT2D eigenvalue weighted by Crippen LogP contribution is -2.14. The Bertz CT molecular complexity index is 872. The quantitative estimate of drug-likeness (QED) is 0.758. The van der Waals surface area contributed by atoms with Crippen molar-refractivity contribution in [3.8, 4) is 0 Å². The predicted molar refractivity (Wildman–Crippen MR) is 79.6 cm³/mol. The van der Waals surface area contributed by atoms with Gasteiger partial charge in [-0.25, -0.2) is 4.98 Å². The smallest absolute Gasteiger partial charge is 0.321 e. The van der Waals surface area contributed by atoms with Crippen LogP contribution in [0.4, 0.5) is 18.9 Å². The number of hydrogen-bond acceptors (Lipinski definition) is 2. The maximum atomic E-state index is 12.7. The van der Waals surface area contributed by atoms with Gasteiger partial charge in [0.1, 0.15) is 11.3 Å². The number of benzene rings is 1. The van der Waals surface area contributed by atoms with Gasteiger partial charge in [-0.1, -0.05) is 11.6 Å². The summed E-state index contributed by atoms with van der Waals surface area (Å²) in [4.78, 5) is 16.1. The first-order valence-electron chi connectivity index (χ1n) is 6.46. The average Bonchev–Trinajstić information content (AvgIpc) is 2.92. The Balaban J connectivity index is 1.90. The van der Waals surface area contributed by atoms with Crippen LogP contribution in [-0.4, -0.2) is 15.3 Å². The molecule has 1 amide bonds. The predicted octanol–water partition coefficient (Wildman–Crippen LogP) is 4.26. The van der Waals surface area contributed by atoms with E-state index in [4.69, 9.17) is 11.6 Å². The summed E-state index contributed by atoms with van der Waals surface area (Å²) in [5, 5.41) is 3.15. The van der Waals surface area contributed by atoms with Crippen molar-refractivity contribution in [1.29, 1.82) is 0 Å². The van der Waals surface area contributed by atoms with Crippen molar-refractivity contribution in [3.05, 3.63) is 65.1 Å². The van der Waals surface area contributed by atoms with Crippen molar-refractivity contribution in [2.75, 3.05) is 5.32 Å². The fourth-order valence-electron chi connectivity index (χ4n) is 2.05. The van der Waals surface area contributed by atoms with Gasteiger partial charge in [-0.3, -0.25) is 9.20 Å². The van der Waals surface area contributed by atoms with Gasteiger partial charge in [0.25, 0.3) is 5.91 Å². The van der Waals surface area contributed by atoms with Crippen LogP contribution in [0.25, 0.3) is 5.65 Å². The summed E-state index contributed by atoms with van der Waals surface area (Å²) in [6, 6.07) is 8.24. The number of pyridine rings is 1. The van der Waals surface area contributed by atoms with Crippen LogP contribution in [0, 0.1) is 0 Å². The second-order valence-corrected chi connectivity index (χ2v) is 5.18. The van der Waals surface area contributed by atoms with E-state index < -0.39 is 17.6 Å². The third-order valence-corrected chi connectivity index (χ3v) is 3.43. The molecule has 3 rings (SSSR count). The summed E-state index contributed by atoms with van der Waals surface area (Å²) in [6.45, 7) is 0. The Labute approximate surface area is 133 Å². The first kappa shape index (κ1) is 15.4. The van der Waals surface area contributed by atoms with Crippen LogP contribution in [0.3, 0.4) is 0 Å².